The van der Waals surface area contributed by atoms with Gasteiger partial charge in [0.1, 0.15) is 5.82 Å². The molecule has 2 N–H and O–H groups in total. The minimum atomic E-state index is -0.159. The third-order valence-corrected chi connectivity index (χ3v) is 2.17. The Hall–Kier alpha value is -1.88. The SMILES string of the molecule is C=C(C)COCCNc1ncccc1C(=O)NC. The van der Waals surface area contributed by atoms with E-state index in [0.717, 1.165) is 5.57 Å². The van der Waals surface area contributed by atoms with E-state index in [2.05, 4.69) is 22.2 Å². The van der Waals surface area contributed by atoms with Gasteiger partial charge in [0.15, 0.2) is 0 Å². The van der Waals surface area contributed by atoms with Crippen molar-refractivity contribution < 1.29 is 9.53 Å². The summed E-state index contributed by atoms with van der Waals surface area (Å²) in [6, 6.07) is 3.45. The first kappa shape index (κ1) is 14.2. The van der Waals surface area contributed by atoms with Gasteiger partial charge >= 0.3 is 0 Å². The topological polar surface area (TPSA) is 63.2 Å². The molecule has 1 rings (SSSR count). The molecule has 0 aliphatic heterocycles. The molecule has 5 heteroatoms. The highest BCUT2D eigenvalue weighted by Crippen LogP contribution is 2.10. The van der Waals surface area contributed by atoms with Gasteiger partial charge in [0, 0.05) is 19.8 Å². The van der Waals surface area contributed by atoms with Crippen LogP contribution in [0.4, 0.5) is 5.82 Å². The standard InChI is InChI=1S/C13H19N3O2/c1-10(2)9-18-8-7-16-12-11(13(17)14-3)5-4-6-15-12/h4-6H,1,7-9H2,2-3H3,(H,14,17)(H,15,16). The fourth-order valence-electron chi connectivity index (χ4n) is 1.35. The molecule has 0 saturated carbocycles. The van der Waals surface area contributed by atoms with Crippen LogP contribution in [0.3, 0.4) is 0 Å². The number of hydrogen-bond acceptors (Lipinski definition) is 4. The molecule has 1 aromatic heterocycles. The summed E-state index contributed by atoms with van der Waals surface area (Å²) in [6.07, 6.45) is 1.64. The molecule has 0 fully saturated rings. The highest BCUT2D eigenvalue weighted by atomic mass is 16.5. The third kappa shape index (κ3) is 4.55. The molecule has 1 aromatic rings. The summed E-state index contributed by atoms with van der Waals surface area (Å²) in [5, 5.41) is 5.65. The summed E-state index contributed by atoms with van der Waals surface area (Å²) in [4.78, 5) is 15.7. The van der Waals surface area contributed by atoms with Gasteiger partial charge in [0.05, 0.1) is 18.8 Å². The zero-order valence-electron chi connectivity index (χ0n) is 10.8. The van der Waals surface area contributed by atoms with Crippen molar-refractivity contribution in [2.75, 3.05) is 32.1 Å². The van der Waals surface area contributed by atoms with Gasteiger partial charge in [0.25, 0.3) is 5.91 Å². The summed E-state index contributed by atoms with van der Waals surface area (Å²) in [5.41, 5.74) is 1.51. The fraction of sp³-hybridized carbons (Fsp3) is 0.385. The first-order chi connectivity index (χ1) is 8.65. The van der Waals surface area contributed by atoms with Crippen molar-refractivity contribution in [3.63, 3.8) is 0 Å². The van der Waals surface area contributed by atoms with Crippen LogP contribution in [-0.2, 0) is 4.74 Å². The predicted octanol–water partition coefficient (Wildman–Crippen LogP) is 1.45. The molecule has 5 nitrogen and oxygen atoms in total. The first-order valence-electron chi connectivity index (χ1n) is 5.78. The van der Waals surface area contributed by atoms with Crippen LogP contribution in [0, 0.1) is 0 Å². The van der Waals surface area contributed by atoms with Crippen LogP contribution < -0.4 is 10.6 Å². The van der Waals surface area contributed by atoms with Crippen LogP contribution in [-0.4, -0.2) is 37.7 Å². The molecule has 98 valence electrons. The van der Waals surface area contributed by atoms with Crippen molar-refractivity contribution in [2.24, 2.45) is 0 Å². The zero-order chi connectivity index (χ0) is 13.4. The Bertz CT molecular complexity index is 418. The normalized spacial score (nSPS) is 9.89. The molecule has 0 bridgehead atoms. The molecule has 0 aliphatic rings. The number of rotatable bonds is 7. The van der Waals surface area contributed by atoms with Crippen LogP contribution in [0.5, 0.6) is 0 Å². The largest absolute Gasteiger partial charge is 0.375 e. The smallest absolute Gasteiger partial charge is 0.254 e. The summed E-state index contributed by atoms with van der Waals surface area (Å²) in [6.45, 7) is 7.34. The van der Waals surface area contributed by atoms with E-state index in [1.807, 2.05) is 6.92 Å². The highest BCUT2D eigenvalue weighted by molar-refractivity contribution is 5.98. The van der Waals surface area contributed by atoms with Crippen LogP contribution in [0.15, 0.2) is 30.5 Å². The maximum absolute atomic E-state index is 11.6. The Balaban J connectivity index is 2.46. The fourth-order valence-corrected chi connectivity index (χ4v) is 1.35. The lowest BCUT2D eigenvalue weighted by Crippen LogP contribution is -2.21. The van der Waals surface area contributed by atoms with Crippen molar-refractivity contribution in [3.8, 4) is 0 Å². The maximum atomic E-state index is 11.6. The van der Waals surface area contributed by atoms with Gasteiger partial charge < -0.3 is 15.4 Å². The van der Waals surface area contributed by atoms with Crippen LogP contribution in [0.2, 0.25) is 0 Å². The van der Waals surface area contributed by atoms with Crippen molar-refractivity contribution in [1.82, 2.24) is 10.3 Å². The van der Waals surface area contributed by atoms with Crippen LogP contribution in [0.25, 0.3) is 0 Å². The van der Waals surface area contributed by atoms with Gasteiger partial charge in [-0.15, -0.1) is 0 Å². The monoisotopic (exact) mass is 249 g/mol. The Labute approximate surface area is 107 Å². The van der Waals surface area contributed by atoms with E-state index in [9.17, 15) is 4.79 Å². The molecule has 1 heterocycles. The van der Waals surface area contributed by atoms with Gasteiger partial charge in [0.2, 0.25) is 0 Å². The average molecular weight is 249 g/mol. The highest BCUT2D eigenvalue weighted by Gasteiger charge is 2.09. The lowest BCUT2D eigenvalue weighted by Gasteiger charge is -2.10. The summed E-state index contributed by atoms with van der Waals surface area (Å²) >= 11 is 0. The molecule has 0 saturated heterocycles. The zero-order valence-corrected chi connectivity index (χ0v) is 10.8. The van der Waals surface area contributed by atoms with Crippen LogP contribution >= 0.6 is 0 Å². The minimum absolute atomic E-state index is 0.159. The molecular formula is C13H19N3O2. The van der Waals surface area contributed by atoms with Crippen molar-refractivity contribution in [2.45, 2.75) is 6.92 Å². The summed E-state index contributed by atoms with van der Waals surface area (Å²) in [5.74, 6) is 0.407. The van der Waals surface area contributed by atoms with Gasteiger partial charge in [-0.25, -0.2) is 4.98 Å². The quantitative estimate of drug-likeness (QED) is 0.567. The third-order valence-electron chi connectivity index (χ3n) is 2.17. The maximum Gasteiger partial charge on any atom is 0.254 e. The lowest BCUT2D eigenvalue weighted by molar-refractivity contribution is 0.0963. The number of pyridine rings is 1. The Morgan fingerprint density at radius 1 is 1.56 bits per heavy atom. The number of hydrogen-bond donors (Lipinski definition) is 2. The minimum Gasteiger partial charge on any atom is -0.375 e. The number of ether oxygens (including phenoxy) is 1. The second-order valence-corrected chi connectivity index (χ2v) is 3.92. The first-order valence-corrected chi connectivity index (χ1v) is 5.78. The van der Waals surface area contributed by atoms with Gasteiger partial charge in [-0.05, 0) is 19.1 Å². The number of aromatic nitrogens is 1. The second-order valence-electron chi connectivity index (χ2n) is 3.92. The Kier molecular flexibility index (Phi) is 5.87. The van der Waals surface area contributed by atoms with E-state index in [1.54, 1.807) is 25.4 Å². The number of nitrogens with one attached hydrogen (secondary N) is 2. The Morgan fingerprint density at radius 2 is 2.33 bits per heavy atom. The lowest BCUT2D eigenvalue weighted by atomic mass is 10.2. The van der Waals surface area contributed by atoms with Crippen LogP contribution in [0.1, 0.15) is 17.3 Å². The summed E-state index contributed by atoms with van der Waals surface area (Å²) in [7, 11) is 1.59. The predicted molar refractivity (Wildman–Crippen MR) is 71.7 cm³/mol. The van der Waals surface area contributed by atoms with E-state index in [0.29, 0.717) is 31.1 Å². The van der Waals surface area contributed by atoms with Crippen molar-refractivity contribution >= 4 is 11.7 Å². The summed E-state index contributed by atoms with van der Waals surface area (Å²) < 4.78 is 5.35. The number of nitrogens with zero attached hydrogens (tertiary/aromatic N) is 1. The molecule has 1 amide bonds. The van der Waals surface area contributed by atoms with Gasteiger partial charge in [-0.3, -0.25) is 4.79 Å². The molecule has 0 atom stereocenters. The van der Waals surface area contributed by atoms with Gasteiger partial charge in [-0.1, -0.05) is 12.2 Å². The molecule has 0 unspecified atom stereocenters. The van der Waals surface area contributed by atoms with E-state index < -0.39 is 0 Å². The molecule has 0 spiro atoms. The number of carbonyl (C=O) groups is 1. The number of amides is 1. The van der Waals surface area contributed by atoms with Gasteiger partial charge in [-0.2, -0.15) is 0 Å². The molecule has 0 aromatic carbocycles. The number of anilines is 1. The van der Waals surface area contributed by atoms with Crippen molar-refractivity contribution in [3.05, 3.63) is 36.0 Å². The number of carbonyl (C=O) groups excluding carboxylic acids is 1. The molecule has 0 aliphatic carbocycles. The average Bonchev–Trinajstić information content (AvgIpc) is 2.37. The Morgan fingerprint density at radius 3 is 3.00 bits per heavy atom. The second kappa shape index (κ2) is 7.45. The molecular weight excluding hydrogens is 230 g/mol. The molecule has 0 radical (unpaired) electrons. The van der Waals surface area contributed by atoms with E-state index >= 15 is 0 Å². The van der Waals surface area contributed by atoms with Crippen molar-refractivity contribution in [1.29, 1.82) is 0 Å². The van der Waals surface area contributed by atoms with E-state index in [-0.39, 0.29) is 5.91 Å². The molecule has 18 heavy (non-hydrogen) atoms. The van der Waals surface area contributed by atoms with E-state index in [4.69, 9.17) is 4.74 Å². The van der Waals surface area contributed by atoms with E-state index in [1.165, 1.54) is 0 Å².